The fourth-order valence-electron chi connectivity index (χ4n) is 3.76. The highest BCUT2D eigenvalue weighted by Gasteiger charge is 2.44. The van der Waals surface area contributed by atoms with E-state index in [1.54, 1.807) is 6.92 Å². The maximum atomic E-state index is 11.1. The Balaban J connectivity index is 1.46. The van der Waals surface area contributed by atoms with Crippen molar-refractivity contribution < 1.29 is 14.3 Å². The van der Waals surface area contributed by atoms with Crippen molar-refractivity contribution in [1.82, 2.24) is 10.2 Å². The average molecular weight is 360 g/mol. The molecule has 2 saturated heterocycles. The predicted octanol–water partition coefficient (Wildman–Crippen LogP) is 2.69. The minimum Gasteiger partial charge on any atom is -0.366 e. The molecule has 0 aromatic heterocycles. The molecule has 26 heavy (non-hydrogen) atoms. The lowest BCUT2D eigenvalue weighted by Gasteiger charge is -2.52. The first-order valence-electron chi connectivity index (χ1n) is 9.60. The summed E-state index contributed by atoms with van der Waals surface area (Å²) in [5.74, 6) is 0.590. The number of carbonyl (C=O) groups excluding carboxylic acids is 1. The molecule has 0 saturated carbocycles. The fraction of sp³-hybridized carbons (Fsp3) is 0.667. The van der Waals surface area contributed by atoms with Gasteiger partial charge in [0, 0.05) is 32.0 Å². The Morgan fingerprint density at radius 1 is 1.31 bits per heavy atom. The molecule has 0 bridgehead atoms. The van der Waals surface area contributed by atoms with Crippen LogP contribution in [0.25, 0.3) is 0 Å². The molecular formula is C21H32N2O3. The SMILES string of the molecule is CC(=O)NC(C)Cc1ccc(C2CN(C3OCC3OC(C)(C)C)C2)cc1. The van der Waals surface area contributed by atoms with Gasteiger partial charge < -0.3 is 14.8 Å². The number of nitrogens with one attached hydrogen (secondary N) is 1. The molecule has 1 amide bonds. The number of benzene rings is 1. The molecule has 3 rings (SSSR count). The molecule has 2 aliphatic heterocycles. The van der Waals surface area contributed by atoms with E-state index in [1.165, 1.54) is 11.1 Å². The Labute approximate surface area is 157 Å². The van der Waals surface area contributed by atoms with Crippen molar-refractivity contribution in [3.05, 3.63) is 35.4 Å². The normalized spacial score (nSPS) is 25.3. The molecular weight excluding hydrogens is 328 g/mol. The Hall–Kier alpha value is -1.43. The molecule has 3 unspecified atom stereocenters. The van der Waals surface area contributed by atoms with Crippen LogP contribution >= 0.6 is 0 Å². The number of carbonyl (C=O) groups is 1. The maximum absolute atomic E-state index is 11.1. The van der Waals surface area contributed by atoms with Gasteiger partial charge in [-0.15, -0.1) is 0 Å². The summed E-state index contributed by atoms with van der Waals surface area (Å²) >= 11 is 0. The van der Waals surface area contributed by atoms with Gasteiger partial charge in [0.2, 0.25) is 5.91 Å². The van der Waals surface area contributed by atoms with Crippen molar-refractivity contribution in [2.75, 3.05) is 19.7 Å². The highest BCUT2D eigenvalue weighted by molar-refractivity contribution is 5.73. The summed E-state index contributed by atoms with van der Waals surface area (Å²) in [6.45, 7) is 12.6. The van der Waals surface area contributed by atoms with Crippen LogP contribution in [0.5, 0.6) is 0 Å². The Kier molecular flexibility index (Phi) is 5.70. The van der Waals surface area contributed by atoms with E-state index in [-0.39, 0.29) is 29.9 Å². The zero-order valence-electron chi connectivity index (χ0n) is 16.6. The third kappa shape index (κ3) is 4.84. The summed E-state index contributed by atoms with van der Waals surface area (Å²) in [5.41, 5.74) is 2.51. The average Bonchev–Trinajstić information content (AvgIpc) is 2.46. The first kappa shape index (κ1) is 19.3. The third-order valence-electron chi connectivity index (χ3n) is 4.97. The second-order valence-electron chi connectivity index (χ2n) is 8.69. The highest BCUT2D eigenvalue weighted by Crippen LogP contribution is 2.34. The van der Waals surface area contributed by atoms with E-state index in [0.717, 1.165) is 19.5 Å². The summed E-state index contributed by atoms with van der Waals surface area (Å²) in [4.78, 5) is 13.5. The van der Waals surface area contributed by atoms with Crippen LogP contribution in [0.3, 0.4) is 0 Å². The zero-order chi connectivity index (χ0) is 18.9. The molecule has 0 spiro atoms. The third-order valence-corrected chi connectivity index (χ3v) is 4.97. The minimum absolute atomic E-state index is 0.0237. The number of hydrogen-bond acceptors (Lipinski definition) is 4. The fourth-order valence-corrected chi connectivity index (χ4v) is 3.76. The number of ether oxygens (including phenoxy) is 2. The molecule has 5 nitrogen and oxygen atoms in total. The smallest absolute Gasteiger partial charge is 0.217 e. The lowest BCUT2D eigenvalue weighted by molar-refractivity contribution is -0.280. The van der Waals surface area contributed by atoms with Gasteiger partial charge in [0.1, 0.15) is 12.3 Å². The zero-order valence-corrected chi connectivity index (χ0v) is 16.6. The van der Waals surface area contributed by atoms with Crippen molar-refractivity contribution in [2.45, 2.75) is 70.9 Å². The first-order valence-corrected chi connectivity index (χ1v) is 9.60. The van der Waals surface area contributed by atoms with Crippen LogP contribution < -0.4 is 5.32 Å². The minimum atomic E-state index is -0.124. The van der Waals surface area contributed by atoms with Gasteiger partial charge in [0.25, 0.3) is 0 Å². The van der Waals surface area contributed by atoms with Gasteiger partial charge in [-0.1, -0.05) is 24.3 Å². The summed E-state index contributed by atoms with van der Waals surface area (Å²) in [5, 5.41) is 2.93. The van der Waals surface area contributed by atoms with Gasteiger partial charge in [-0.25, -0.2) is 0 Å². The maximum Gasteiger partial charge on any atom is 0.217 e. The van der Waals surface area contributed by atoms with E-state index in [4.69, 9.17) is 9.47 Å². The molecule has 2 fully saturated rings. The molecule has 0 radical (unpaired) electrons. The van der Waals surface area contributed by atoms with E-state index in [1.807, 2.05) is 6.92 Å². The van der Waals surface area contributed by atoms with Crippen LogP contribution in [-0.2, 0) is 20.7 Å². The van der Waals surface area contributed by atoms with Crippen molar-refractivity contribution in [3.8, 4) is 0 Å². The number of likely N-dealkylation sites (tertiary alicyclic amines) is 1. The highest BCUT2D eigenvalue weighted by atomic mass is 16.6. The molecule has 2 heterocycles. The molecule has 144 valence electrons. The second kappa shape index (κ2) is 7.67. The van der Waals surface area contributed by atoms with E-state index in [9.17, 15) is 4.79 Å². The molecule has 0 aliphatic carbocycles. The summed E-state index contributed by atoms with van der Waals surface area (Å²) < 4.78 is 11.8. The topological polar surface area (TPSA) is 50.8 Å². The van der Waals surface area contributed by atoms with Gasteiger partial charge in [-0.05, 0) is 45.2 Å². The largest absolute Gasteiger partial charge is 0.366 e. The summed E-state index contributed by atoms with van der Waals surface area (Å²) in [7, 11) is 0. The second-order valence-corrected chi connectivity index (χ2v) is 8.69. The molecule has 1 N–H and O–H groups in total. The molecule has 1 aromatic carbocycles. The van der Waals surface area contributed by atoms with Gasteiger partial charge in [-0.2, -0.15) is 0 Å². The summed E-state index contributed by atoms with van der Waals surface area (Å²) in [6.07, 6.45) is 1.16. The van der Waals surface area contributed by atoms with Crippen LogP contribution in [-0.4, -0.2) is 54.5 Å². The van der Waals surface area contributed by atoms with Crippen LogP contribution in [0.2, 0.25) is 0 Å². The van der Waals surface area contributed by atoms with Crippen molar-refractivity contribution in [1.29, 1.82) is 0 Å². The quantitative estimate of drug-likeness (QED) is 0.847. The standard InChI is InChI=1S/C21H32N2O3/c1-14(22-15(2)24)10-16-6-8-17(9-7-16)18-11-23(12-18)20-19(13-25-20)26-21(3,4)5/h6-9,14,18-20H,10-13H2,1-5H3,(H,22,24). The Morgan fingerprint density at radius 2 is 1.96 bits per heavy atom. The van der Waals surface area contributed by atoms with Gasteiger partial charge in [-0.3, -0.25) is 9.69 Å². The van der Waals surface area contributed by atoms with E-state index in [0.29, 0.717) is 12.5 Å². The molecule has 2 aliphatic rings. The molecule has 3 atom stereocenters. The number of hydrogen-bond donors (Lipinski definition) is 1. The first-order chi connectivity index (χ1) is 12.2. The van der Waals surface area contributed by atoms with Gasteiger partial charge in [0.05, 0.1) is 12.2 Å². The number of amides is 1. The summed E-state index contributed by atoms with van der Waals surface area (Å²) in [6, 6.07) is 8.97. The van der Waals surface area contributed by atoms with E-state index >= 15 is 0 Å². The number of rotatable bonds is 6. The van der Waals surface area contributed by atoms with E-state index < -0.39 is 0 Å². The van der Waals surface area contributed by atoms with E-state index in [2.05, 4.69) is 55.3 Å². The monoisotopic (exact) mass is 360 g/mol. The Bertz CT molecular complexity index is 617. The molecule has 5 heteroatoms. The van der Waals surface area contributed by atoms with Crippen LogP contribution in [0.15, 0.2) is 24.3 Å². The van der Waals surface area contributed by atoms with Crippen LogP contribution in [0.1, 0.15) is 51.7 Å². The lowest BCUT2D eigenvalue weighted by Crippen LogP contribution is -2.64. The van der Waals surface area contributed by atoms with Crippen LogP contribution in [0.4, 0.5) is 0 Å². The Morgan fingerprint density at radius 3 is 2.46 bits per heavy atom. The van der Waals surface area contributed by atoms with Crippen LogP contribution in [0, 0.1) is 0 Å². The van der Waals surface area contributed by atoms with Crippen molar-refractivity contribution in [3.63, 3.8) is 0 Å². The number of nitrogens with zero attached hydrogens (tertiary/aromatic N) is 1. The van der Waals surface area contributed by atoms with Gasteiger partial charge >= 0.3 is 0 Å². The van der Waals surface area contributed by atoms with Crippen molar-refractivity contribution in [2.24, 2.45) is 0 Å². The predicted molar refractivity (Wildman–Crippen MR) is 102 cm³/mol. The molecule has 1 aromatic rings. The van der Waals surface area contributed by atoms with Crippen molar-refractivity contribution >= 4 is 5.91 Å². The lowest BCUT2D eigenvalue weighted by atomic mass is 9.89. The van der Waals surface area contributed by atoms with Gasteiger partial charge in [0.15, 0.2) is 0 Å².